The summed E-state index contributed by atoms with van der Waals surface area (Å²) in [5, 5.41) is 11.0. The van der Waals surface area contributed by atoms with Gasteiger partial charge in [-0.15, -0.1) is 0 Å². The molecule has 3 nitrogen and oxygen atoms in total. The van der Waals surface area contributed by atoms with E-state index in [0.29, 0.717) is 0 Å². The van der Waals surface area contributed by atoms with Crippen LogP contribution < -0.4 is 11.1 Å². The van der Waals surface area contributed by atoms with Crippen LogP contribution in [0.25, 0.3) is 0 Å². The molecule has 0 saturated carbocycles. The Morgan fingerprint density at radius 2 is 2.29 bits per heavy atom. The Kier molecular flexibility index (Phi) is 1.27. The van der Waals surface area contributed by atoms with Crippen molar-refractivity contribution in [3.63, 3.8) is 0 Å². The Morgan fingerprint density at radius 1 is 1.57 bits per heavy atom. The third kappa shape index (κ3) is 0.907. The minimum atomic E-state index is -0.153. The van der Waals surface area contributed by atoms with Crippen LogP contribution in [-0.2, 0) is 0 Å². The van der Waals surface area contributed by atoms with Crippen molar-refractivity contribution in [2.75, 3.05) is 13.1 Å². The summed E-state index contributed by atoms with van der Waals surface area (Å²) >= 11 is 0. The fraction of sp³-hybridized carbons (Fsp3) is 1.00. The highest BCUT2D eigenvalue weighted by Crippen LogP contribution is 1.83. The molecule has 0 amide bonds. The first kappa shape index (κ1) is 5.03. The van der Waals surface area contributed by atoms with Gasteiger partial charge in [0.2, 0.25) is 0 Å². The lowest BCUT2D eigenvalue weighted by molar-refractivity contribution is -0.649. The molecule has 1 aliphatic heterocycles. The van der Waals surface area contributed by atoms with Crippen LogP contribution in [-0.4, -0.2) is 30.3 Å². The molecule has 0 aromatic heterocycles. The zero-order chi connectivity index (χ0) is 5.28. The summed E-state index contributed by atoms with van der Waals surface area (Å²) in [7, 11) is 0. The topological polar surface area (TPSA) is 64.5 Å². The average Bonchev–Trinajstić information content (AvgIpc) is 1.91. The van der Waals surface area contributed by atoms with E-state index < -0.39 is 0 Å². The molecule has 0 radical (unpaired) electrons. The Morgan fingerprint density at radius 3 is 2.43 bits per heavy atom. The number of hydrogen-bond acceptors (Lipinski definition) is 1. The lowest BCUT2D eigenvalue weighted by atomic mass is 10.2. The van der Waals surface area contributed by atoms with Crippen molar-refractivity contribution in [2.45, 2.75) is 12.1 Å². The van der Waals surface area contributed by atoms with Gasteiger partial charge in [-0.25, -0.2) is 0 Å². The molecule has 1 rings (SSSR count). The van der Waals surface area contributed by atoms with Gasteiger partial charge in [0.05, 0.1) is 0 Å². The summed E-state index contributed by atoms with van der Waals surface area (Å²) in [6, 6.07) is 0.264. The van der Waals surface area contributed by atoms with Crippen LogP contribution in [0, 0.1) is 0 Å². The predicted molar refractivity (Wildman–Crippen MR) is 24.3 cm³/mol. The summed E-state index contributed by atoms with van der Waals surface area (Å²) in [5.74, 6) is 0. The molecule has 0 unspecified atom stereocenters. The van der Waals surface area contributed by atoms with E-state index in [-0.39, 0.29) is 12.1 Å². The van der Waals surface area contributed by atoms with Crippen LogP contribution in [0.15, 0.2) is 0 Å². The maximum Gasteiger partial charge on any atom is 0.166 e. The van der Waals surface area contributed by atoms with Gasteiger partial charge in [-0.2, -0.15) is 0 Å². The van der Waals surface area contributed by atoms with Crippen LogP contribution in [0.2, 0.25) is 0 Å². The molecule has 42 valence electrons. The van der Waals surface area contributed by atoms with Gasteiger partial charge in [0, 0.05) is 0 Å². The second-order valence-corrected chi connectivity index (χ2v) is 2.09. The highest BCUT2D eigenvalue weighted by atomic mass is 16.3. The van der Waals surface area contributed by atoms with Crippen molar-refractivity contribution in [3.05, 3.63) is 0 Å². The molecule has 1 saturated heterocycles. The summed E-state index contributed by atoms with van der Waals surface area (Å²) in [4.78, 5) is 0. The van der Waals surface area contributed by atoms with E-state index in [0.717, 1.165) is 13.1 Å². The van der Waals surface area contributed by atoms with Crippen LogP contribution in [0.3, 0.4) is 0 Å². The smallest absolute Gasteiger partial charge is 0.166 e. The Labute approximate surface area is 42.5 Å². The van der Waals surface area contributed by atoms with Gasteiger partial charge in [0.1, 0.15) is 13.1 Å². The Hall–Kier alpha value is -0.120. The number of quaternary nitrogens is 2. The maximum atomic E-state index is 8.90. The number of hydrogen-bond donors (Lipinski definition) is 3. The second-order valence-electron chi connectivity index (χ2n) is 2.09. The van der Waals surface area contributed by atoms with Crippen molar-refractivity contribution in [1.29, 1.82) is 0 Å². The second kappa shape index (κ2) is 1.78. The molecular formula is C4H12N2O+2. The van der Waals surface area contributed by atoms with Gasteiger partial charge < -0.3 is 16.2 Å². The van der Waals surface area contributed by atoms with Crippen molar-refractivity contribution in [2.24, 2.45) is 0 Å². The van der Waals surface area contributed by atoms with E-state index in [1.54, 1.807) is 0 Å². The van der Waals surface area contributed by atoms with Crippen molar-refractivity contribution in [1.82, 2.24) is 0 Å². The number of aliphatic hydroxyl groups is 1. The third-order valence-electron chi connectivity index (χ3n) is 1.42. The minimum Gasteiger partial charge on any atom is -0.381 e. The van der Waals surface area contributed by atoms with E-state index in [1.807, 2.05) is 0 Å². The average molecular weight is 104 g/mol. The molecule has 0 bridgehead atoms. The van der Waals surface area contributed by atoms with Crippen LogP contribution in [0.4, 0.5) is 0 Å². The summed E-state index contributed by atoms with van der Waals surface area (Å²) < 4.78 is 0. The van der Waals surface area contributed by atoms with E-state index in [4.69, 9.17) is 5.11 Å². The first-order chi connectivity index (χ1) is 3.30. The molecule has 0 aromatic carbocycles. The highest BCUT2D eigenvalue weighted by Gasteiger charge is 2.27. The summed E-state index contributed by atoms with van der Waals surface area (Å²) in [6.07, 6.45) is -0.153. The Balaban J connectivity index is 2.33. The van der Waals surface area contributed by atoms with Gasteiger partial charge >= 0.3 is 0 Å². The van der Waals surface area contributed by atoms with E-state index in [9.17, 15) is 0 Å². The SMILES string of the molecule is [NH3+][C@@H]1C[NH2+]C[C@H]1O. The largest absolute Gasteiger partial charge is 0.381 e. The van der Waals surface area contributed by atoms with Gasteiger partial charge in [-0.05, 0) is 0 Å². The molecule has 7 heavy (non-hydrogen) atoms. The van der Waals surface area contributed by atoms with Crippen molar-refractivity contribution >= 4 is 0 Å². The molecule has 1 heterocycles. The van der Waals surface area contributed by atoms with Crippen LogP contribution in [0.1, 0.15) is 0 Å². The molecular weight excluding hydrogens is 92.1 g/mol. The first-order valence-corrected chi connectivity index (χ1v) is 2.63. The van der Waals surface area contributed by atoms with Gasteiger partial charge in [-0.1, -0.05) is 0 Å². The molecule has 6 N–H and O–H groups in total. The molecule has 0 aromatic rings. The van der Waals surface area contributed by atoms with E-state index >= 15 is 0 Å². The van der Waals surface area contributed by atoms with Gasteiger partial charge in [0.25, 0.3) is 0 Å². The molecule has 3 heteroatoms. The van der Waals surface area contributed by atoms with E-state index in [1.165, 1.54) is 0 Å². The molecule has 1 fully saturated rings. The number of aliphatic hydroxyl groups excluding tert-OH is 1. The summed E-state index contributed by atoms with van der Waals surface area (Å²) in [6.45, 7) is 1.83. The lowest BCUT2D eigenvalue weighted by Gasteiger charge is -1.95. The quantitative estimate of drug-likeness (QED) is 0.294. The predicted octanol–water partition coefficient (Wildman–Crippen LogP) is -3.47. The third-order valence-corrected chi connectivity index (χ3v) is 1.42. The van der Waals surface area contributed by atoms with Crippen LogP contribution >= 0.6 is 0 Å². The van der Waals surface area contributed by atoms with Gasteiger partial charge in [0.15, 0.2) is 12.1 Å². The number of nitrogens with two attached hydrogens (primary N) is 1. The number of rotatable bonds is 0. The standard InChI is InChI=1S/C4H10N2O/c5-3-1-6-2-4(3)7/h3-4,6-7H,1-2,5H2/p+2/t3-,4-/m1/s1. The Bertz CT molecular complexity index is 58.7. The van der Waals surface area contributed by atoms with E-state index in [2.05, 4.69) is 11.1 Å². The first-order valence-electron chi connectivity index (χ1n) is 2.63. The summed E-state index contributed by atoms with van der Waals surface area (Å²) in [5.41, 5.74) is 3.74. The van der Waals surface area contributed by atoms with Gasteiger partial charge in [-0.3, -0.25) is 0 Å². The molecule has 0 aliphatic carbocycles. The fourth-order valence-electron chi connectivity index (χ4n) is 0.831. The molecule has 2 atom stereocenters. The highest BCUT2D eigenvalue weighted by molar-refractivity contribution is 4.65. The molecule has 1 aliphatic rings. The van der Waals surface area contributed by atoms with Crippen LogP contribution in [0.5, 0.6) is 0 Å². The molecule has 0 spiro atoms. The zero-order valence-electron chi connectivity index (χ0n) is 4.30. The lowest BCUT2D eigenvalue weighted by Crippen LogP contribution is -2.84. The van der Waals surface area contributed by atoms with Crippen molar-refractivity contribution in [3.8, 4) is 0 Å². The zero-order valence-corrected chi connectivity index (χ0v) is 4.30. The maximum absolute atomic E-state index is 8.90. The monoisotopic (exact) mass is 104 g/mol. The minimum absolute atomic E-state index is 0.153. The fourth-order valence-corrected chi connectivity index (χ4v) is 0.831. The normalized spacial score (nSPS) is 42.0. The van der Waals surface area contributed by atoms with Crippen molar-refractivity contribution < 1.29 is 16.2 Å².